The second-order valence-electron chi connectivity index (χ2n) is 7.25. The molecule has 0 radical (unpaired) electrons. The average molecular weight is 390 g/mol. The van der Waals surface area contributed by atoms with E-state index >= 15 is 0 Å². The van der Waals surface area contributed by atoms with Gasteiger partial charge in [-0.2, -0.15) is 0 Å². The van der Waals surface area contributed by atoms with Crippen LogP contribution >= 0.6 is 11.6 Å². The Hall–Kier alpha value is -2.05. The number of nitrogens with one attached hydrogen (secondary N) is 1. The molecule has 6 nitrogen and oxygen atoms in total. The Morgan fingerprint density at radius 1 is 1.15 bits per heavy atom. The van der Waals surface area contributed by atoms with E-state index in [9.17, 15) is 4.79 Å². The molecule has 1 fully saturated rings. The summed E-state index contributed by atoms with van der Waals surface area (Å²) in [6.45, 7) is 10.1. The van der Waals surface area contributed by atoms with Crippen LogP contribution in [0.4, 0.5) is 4.79 Å². The van der Waals surface area contributed by atoms with Crippen molar-refractivity contribution in [1.82, 2.24) is 24.7 Å². The number of hydrogen-bond donors (Lipinski definition) is 1. The molecule has 2 aromatic rings. The van der Waals surface area contributed by atoms with E-state index in [1.807, 2.05) is 35.4 Å². The molecule has 1 aliphatic rings. The number of piperazine rings is 1. The van der Waals surface area contributed by atoms with Crippen molar-refractivity contribution in [2.45, 2.75) is 32.9 Å². The van der Waals surface area contributed by atoms with E-state index < -0.39 is 0 Å². The van der Waals surface area contributed by atoms with Gasteiger partial charge in [-0.05, 0) is 17.7 Å². The molecule has 1 N–H and O–H groups in total. The lowest BCUT2D eigenvalue weighted by Crippen LogP contribution is -2.52. The number of halogens is 1. The highest BCUT2D eigenvalue weighted by molar-refractivity contribution is 6.30. The minimum absolute atomic E-state index is 0.00121. The molecule has 0 bridgehead atoms. The summed E-state index contributed by atoms with van der Waals surface area (Å²) >= 11 is 5.89. The minimum Gasteiger partial charge on any atom is -0.334 e. The minimum atomic E-state index is 0.00121. The topological polar surface area (TPSA) is 53.4 Å². The number of nitrogens with zero attached hydrogens (tertiary/aromatic N) is 4. The zero-order chi connectivity index (χ0) is 19.2. The fraction of sp³-hybridized carbons (Fsp3) is 0.500. The molecule has 7 heteroatoms. The zero-order valence-electron chi connectivity index (χ0n) is 16.1. The van der Waals surface area contributed by atoms with Gasteiger partial charge in [0.25, 0.3) is 0 Å². The molecule has 27 heavy (non-hydrogen) atoms. The third kappa shape index (κ3) is 5.47. The Balaban J connectivity index is 1.39. The zero-order valence-corrected chi connectivity index (χ0v) is 16.8. The predicted molar refractivity (Wildman–Crippen MR) is 108 cm³/mol. The van der Waals surface area contributed by atoms with Crippen LogP contribution in [0.15, 0.2) is 36.7 Å². The number of carbonyl (C=O) groups excluding carboxylic acids is 1. The summed E-state index contributed by atoms with van der Waals surface area (Å²) < 4.78 is 2.23. The van der Waals surface area contributed by atoms with Gasteiger partial charge in [-0.1, -0.05) is 37.6 Å². The van der Waals surface area contributed by atoms with Crippen molar-refractivity contribution >= 4 is 17.6 Å². The van der Waals surface area contributed by atoms with E-state index in [4.69, 9.17) is 11.6 Å². The molecular formula is C20H28ClN5O. The smallest absolute Gasteiger partial charge is 0.317 e. The second kappa shape index (κ2) is 9.24. The third-order valence-electron chi connectivity index (χ3n) is 4.94. The van der Waals surface area contributed by atoms with Gasteiger partial charge >= 0.3 is 6.03 Å². The predicted octanol–water partition coefficient (Wildman–Crippen LogP) is 3.19. The first-order valence-electron chi connectivity index (χ1n) is 9.53. The van der Waals surface area contributed by atoms with E-state index in [1.165, 1.54) is 0 Å². The van der Waals surface area contributed by atoms with Crippen molar-refractivity contribution in [2.75, 3.05) is 32.7 Å². The largest absolute Gasteiger partial charge is 0.334 e. The Labute approximate surface area is 166 Å². The first-order chi connectivity index (χ1) is 13.0. The summed E-state index contributed by atoms with van der Waals surface area (Å²) in [5, 5.41) is 3.70. The maximum Gasteiger partial charge on any atom is 0.317 e. The van der Waals surface area contributed by atoms with Crippen LogP contribution in [0.2, 0.25) is 5.02 Å². The van der Waals surface area contributed by atoms with Crippen LogP contribution < -0.4 is 5.32 Å². The molecule has 1 aromatic carbocycles. The number of aromatic nitrogens is 2. The van der Waals surface area contributed by atoms with E-state index in [1.54, 1.807) is 0 Å². The lowest BCUT2D eigenvalue weighted by atomic mass is 10.2. The lowest BCUT2D eigenvalue weighted by molar-refractivity contribution is 0.136. The molecule has 2 amide bonds. The summed E-state index contributed by atoms with van der Waals surface area (Å²) in [5.74, 6) is 1.57. The van der Waals surface area contributed by atoms with Crippen molar-refractivity contribution in [3.63, 3.8) is 0 Å². The number of benzene rings is 1. The van der Waals surface area contributed by atoms with Crippen LogP contribution in [0.5, 0.6) is 0 Å². The molecule has 0 unspecified atom stereocenters. The number of amides is 2. The number of carbonyl (C=O) groups is 1. The molecule has 0 atom stereocenters. The van der Waals surface area contributed by atoms with Crippen molar-refractivity contribution in [3.8, 4) is 0 Å². The van der Waals surface area contributed by atoms with Crippen molar-refractivity contribution in [1.29, 1.82) is 0 Å². The maximum absolute atomic E-state index is 12.4. The molecular weight excluding hydrogens is 362 g/mol. The van der Waals surface area contributed by atoms with Crippen LogP contribution in [-0.4, -0.2) is 58.1 Å². The fourth-order valence-corrected chi connectivity index (χ4v) is 3.45. The van der Waals surface area contributed by atoms with Gasteiger partial charge in [-0.25, -0.2) is 9.78 Å². The van der Waals surface area contributed by atoms with Crippen LogP contribution in [-0.2, 0) is 13.1 Å². The number of imidazole rings is 1. The first kappa shape index (κ1) is 19.7. The van der Waals surface area contributed by atoms with Crippen LogP contribution in [0, 0.1) is 0 Å². The van der Waals surface area contributed by atoms with Gasteiger partial charge in [-0.3, -0.25) is 4.90 Å². The number of hydrogen-bond acceptors (Lipinski definition) is 3. The van der Waals surface area contributed by atoms with Crippen molar-refractivity contribution < 1.29 is 4.79 Å². The van der Waals surface area contributed by atoms with Gasteiger partial charge in [-0.15, -0.1) is 0 Å². The molecule has 1 aliphatic heterocycles. The number of rotatable bonds is 6. The SMILES string of the molecule is CC(C)c1nccn1CCN1CCN(C(=O)NCc2ccc(Cl)cc2)CC1. The summed E-state index contributed by atoms with van der Waals surface area (Å²) in [7, 11) is 0. The lowest BCUT2D eigenvalue weighted by Gasteiger charge is -2.34. The van der Waals surface area contributed by atoms with E-state index in [0.29, 0.717) is 17.5 Å². The van der Waals surface area contributed by atoms with Gasteiger partial charge in [0.15, 0.2) is 0 Å². The molecule has 3 rings (SSSR count). The quantitative estimate of drug-likeness (QED) is 0.825. The summed E-state index contributed by atoms with van der Waals surface area (Å²) in [6.07, 6.45) is 3.92. The Morgan fingerprint density at radius 3 is 2.52 bits per heavy atom. The highest BCUT2D eigenvalue weighted by atomic mass is 35.5. The molecule has 0 spiro atoms. The molecule has 2 heterocycles. The normalized spacial score (nSPS) is 15.3. The van der Waals surface area contributed by atoms with Gasteiger partial charge in [0.1, 0.15) is 5.82 Å². The van der Waals surface area contributed by atoms with Crippen LogP contribution in [0.1, 0.15) is 31.2 Å². The van der Waals surface area contributed by atoms with Gasteiger partial charge in [0.05, 0.1) is 0 Å². The highest BCUT2D eigenvalue weighted by Gasteiger charge is 2.21. The first-order valence-corrected chi connectivity index (χ1v) is 9.91. The van der Waals surface area contributed by atoms with Crippen molar-refractivity contribution in [3.05, 3.63) is 53.1 Å². The van der Waals surface area contributed by atoms with E-state index in [2.05, 4.69) is 39.8 Å². The molecule has 1 saturated heterocycles. The molecule has 1 aromatic heterocycles. The van der Waals surface area contributed by atoms with E-state index in [0.717, 1.165) is 50.7 Å². The molecule has 0 saturated carbocycles. The Morgan fingerprint density at radius 2 is 1.85 bits per heavy atom. The van der Waals surface area contributed by atoms with Crippen LogP contribution in [0.25, 0.3) is 0 Å². The van der Waals surface area contributed by atoms with E-state index in [-0.39, 0.29) is 6.03 Å². The van der Waals surface area contributed by atoms with Gasteiger partial charge < -0.3 is 14.8 Å². The average Bonchev–Trinajstić information content (AvgIpc) is 3.15. The van der Waals surface area contributed by atoms with Crippen LogP contribution in [0.3, 0.4) is 0 Å². The Kier molecular flexibility index (Phi) is 6.74. The van der Waals surface area contributed by atoms with Crippen molar-refractivity contribution in [2.24, 2.45) is 0 Å². The third-order valence-corrected chi connectivity index (χ3v) is 5.19. The summed E-state index contributed by atoms with van der Waals surface area (Å²) in [5.41, 5.74) is 1.05. The highest BCUT2D eigenvalue weighted by Crippen LogP contribution is 2.12. The summed E-state index contributed by atoms with van der Waals surface area (Å²) in [4.78, 5) is 21.1. The molecule has 0 aliphatic carbocycles. The second-order valence-corrected chi connectivity index (χ2v) is 7.68. The Bertz CT molecular complexity index is 735. The molecule has 146 valence electrons. The monoisotopic (exact) mass is 389 g/mol. The number of urea groups is 1. The van der Waals surface area contributed by atoms with Gasteiger partial charge in [0.2, 0.25) is 0 Å². The van der Waals surface area contributed by atoms with Gasteiger partial charge in [0, 0.05) is 69.1 Å². The summed E-state index contributed by atoms with van der Waals surface area (Å²) in [6, 6.07) is 7.55. The fourth-order valence-electron chi connectivity index (χ4n) is 3.33. The standard InChI is InChI=1S/C20H28ClN5O/c1-16(2)19-22-7-8-25(19)12-9-24-10-13-26(14-11-24)20(27)23-15-17-3-5-18(21)6-4-17/h3-8,16H,9-15H2,1-2H3,(H,23,27). The maximum atomic E-state index is 12.4.